The van der Waals surface area contributed by atoms with E-state index in [9.17, 15) is 4.79 Å². The van der Waals surface area contributed by atoms with Crippen LogP contribution in [0, 0.1) is 0 Å². The minimum absolute atomic E-state index is 0.194. The molecule has 102 valence electrons. The first-order valence-corrected chi connectivity index (χ1v) is 6.14. The average molecular weight is 262 g/mol. The van der Waals surface area contributed by atoms with E-state index in [0.717, 1.165) is 5.56 Å². The van der Waals surface area contributed by atoms with Gasteiger partial charge in [0.15, 0.2) is 0 Å². The first-order valence-electron chi connectivity index (χ1n) is 6.14. The fourth-order valence-electron chi connectivity index (χ4n) is 1.82. The molecular weight excluding hydrogens is 244 g/mol. The third-order valence-corrected chi connectivity index (χ3v) is 3.37. The third-order valence-electron chi connectivity index (χ3n) is 3.37. The molecule has 0 spiro atoms. The van der Waals surface area contributed by atoms with Gasteiger partial charge in [0.1, 0.15) is 11.4 Å². The zero-order valence-corrected chi connectivity index (χ0v) is 11.6. The molecule has 0 aliphatic heterocycles. The lowest BCUT2D eigenvalue weighted by Crippen LogP contribution is -2.29. The molecule has 2 rings (SSSR count). The molecule has 0 bridgehead atoms. The molecule has 0 radical (unpaired) electrons. The van der Waals surface area contributed by atoms with Gasteiger partial charge in [-0.15, -0.1) is 0 Å². The van der Waals surface area contributed by atoms with Crippen LogP contribution in [0.4, 0.5) is 0 Å². The van der Waals surface area contributed by atoms with Crippen molar-refractivity contribution in [1.82, 2.24) is 19.7 Å². The van der Waals surface area contributed by atoms with E-state index in [1.54, 1.807) is 18.0 Å². The Hall–Kier alpha value is -1.95. The molecule has 1 atom stereocenters. The van der Waals surface area contributed by atoms with Crippen molar-refractivity contribution in [3.05, 3.63) is 34.6 Å². The van der Waals surface area contributed by atoms with E-state index >= 15 is 0 Å². The highest BCUT2D eigenvalue weighted by Crippen LogP contribution is 2.25. The lowest BCUT2D eigenvalue weighted by Gasteiger charge is -2.25. The molecule has 2 aromatic heterocycles. The largest absolute Gasteiger partial charge is 0.371 e. The zero-order chi connectivity index (χ0) is 14.0. The molecule has 1 unspecified atom stereocenters. The molecule has 0 amide bonds. The SMILES string of the molecule is CCC(C)(OC)c1nc(-c2cnn(C)c2)cc(=O)[nH]1. The molecule has 0 aliphatic carbocycles. The van der Waals surface area contributed by atoms with E-state index in [-0.39, 0.29) is 5.56 Å². The van der Waals surface area contributed by atoms with Crippen molar-refractivity contribution in [2.45, 2.75) is 25.9 Å². The summed E-state index contributed by atoms with van der Waals surface area (Å²) >= 11 is 0. The maximum atomic E-state index is 11.8. The molecule has 1 N–H and O–H groups in total. The van der Waals surface area contributed by atoms with Crippen LogP contribution in [0.2, 0.25) is 0 Å². The van der Waals surface area contributed by atoms with Gasteiger partial charge in [-0.25, -0.2) is 4.98 Å². The predicted molar refractivity (Wildman–Crippen MR) is 71.7 cm³/mol. The fraction of sp³-hybridized carbons (Fsp3) is 0.462. The second-order valence-corrected chi connectivity index (χ2v) is 4.67. The van der Waals surface area contributed by atoms with Crippen molar-refractivity contribution in [1.29, 1.82) is 0 Å². The summed E-state index contributed by atoms with van der Waals surface area (Å²) in [7, 11) is 3.43. The number of H-pyrrole nitrogens is 1. The summed E-state index contributed by atoms with van der Waals surface area (Å²) in [5.41, 5.74) is 0.616. The highest BCUT2D eigenvalue weighted by Gasteiger charge is 2.27. The second kappa shape index (κ2) is 4.97. The van der Waals surface area contributed by atoms with Gasteiger partial charge in [0.25, 0.3) is 5.56 Å². The van der Waals surface area contributed by atoms with E-state index in [1.165, 1.54) is 6.07 Å². The number of ether oxygens (including phenoxy) is 1. The van der Waals surface area contributed by atoms with Crippen LogP contribution < -0.4 is 5.56 Å². The van der Waals surface area contributed by atoms with Gasteiger partial charge in [0.05, 0.1) is 11.9 Å². The van der Waals surface area contributed by atoms with Gasteiger partial charge in [-0.2, -0.15) is 5.10 Å². The quantitative estimate of drug-likeness (QED) is 0.905. The van der Waals surface area contributed by atoms with Crippen LogP contribution in [-0.2, 0) is 17.4 Å². The molecule has 2 aromatic rings. The number of nitrogens with one attached hydrogen (secondary N) is 1. The normalized spacial score (nSPS) is 14.3. The van der Waals surface area contributed by atoms with Crippen LogP contribution in [0.5, 0.6) is 0 Å². The van der Waals surface area contributed by atoms with Crippen LogP contribution in [0.25, 0.3) is 11.3 Å². The predicted octanol–water partition coefficient (Wildman–Crippen LogP) is 1.44. The van der Waals surface area contributed by atoms with E-state index in [4.69, 9.17) is 4.74 Å². The molecule has 6 nitrogen and oxygen atoms in total. The Balaban J connectivity index is 2.54. The van der Waals surface area contributed by atoms with Gasteiger partial charge < -0.3 is 9.72 Å². The van der Waals surface area contributed by atoms with Gasteiger partial charge >= 0.3 is 0 Å². The molecule has 19 heavy (non-hydrogen) atoms. The summed E-state index contributed by atoms with van der Waals surface area (Å²) in [6.07, 6.45) is 4.21. The number of hydrogen-bond acceptors (Lipinski definition) is 4. The smallest absolute Gasteiger partial charge is 0.251 e. The van der Waals surface area contributed by atoms with Crippen molar-refractivity contribution in [2.24, 2.45) is 7.05 Å². The molecule has 0 aromatic carbocycles. The number of hydrogen-bond donors (Lipinski definition) is 1. The minimum Gasteiger partial charge on any atom is -0.371 e. The summed E-state index contributed by atoms with van der Waals surface area (Å²) in [5.74, 6) is 0.531. The lowest BCUT2D eigenvalue weighted by atomic mass is 10.0. The third kappa shape index (κ3) is 2.58. The number of methoxy groups -OCH3 is 1. The molecular formula is C13H18N4O2. The standard InChI is InChI=1S/C13H18N4O2/c1-5-13(2,19-4)12-15-10(6-11(18)16-12)9-7-14-17(3)8-9/h6-8H,5H2,1-4H3,(H,15,16,18). The Kier molecular flexibility index (Phi) is 3.53. The molecule has 6 heteroatoms. The van der Waals surface area contributed by atoms with Crippen LogP contribution in [0.15, 0.2) is 23.3 Å². The van der Waals surface area contributed by atoms with Crippen LogP contribution in [0.3, 0.4) is 0 Å². The highest BCUT2D eigenvalue weighted by molar-refractivity contribution is 5.56. The Morgan fingerprint density at radius 1 is 1.53 bits per heavy atom. The van der Waals surface area contributed by atoms with Gasteiger partial charge in [0.2, 0.25) is 0 Å². The highest BCUT2D eigenvalue weighted by atomic mass is 16.5. The van der Waals surface area contributed by atoms with E-state index in [1.807, 2.05) is 27.1 Å². The Morgan fingerprint density at radius 2 is 2.26 bits per heavy atom. The fourth-order valence-corrected chi connectivity index (χ4v) is 1.82. The molecule has 0 saturated carbocycles. The zero-order valence-electron chi connectivity index (χ0n) is 11.6. The maximum Gasteiger partial charge on any atom is 0.251 e. The number of aromatic amines is 1. The van der Waals surface area contributed by atoms with Crippen molar-refractivity contribution >= 4 is 0 Å². The maximum absolute atomic E-state index is 11.8. The van der Waals surface area contributed by atoms with Gasteiger partial charge in [-0.3, -0.25) is 9.48 Å². The van der Waals surface area contributed by atoms with Crippen molar-refractivity contribution in [2.75, 3.05) is 7.11 Å². The summed E-state index contributed by atoms with van der Waals surface area (Å²) in [5, 5.41) is 4.09. The van der Waals surface area contributed by atoms with Crippen molar-refractivity contribution in [3.63, 3.8) is 0 Å². The monoisotopic (exact) mass is 262 g/mol. The molecule has 2 heterocycles. The summed E-state index contributed by atoms with van der Waals surface area (Å²) in [4.78, 5) is 19.0. The van der Waals surface area contributed by atoms with E-state index in [2.05, 4.69) is 15.1 Å². The van der Waals surface area contributed by atoms with Crippen LogP contribution in [-0.4, -0.2) is 26.9 Å². The molecule has 0 aliphatic rings. The van der Waals surface area contributed by atoms with E-state index < -0.39 is 5.60 Å². The topological polar surface area (TPSA) is 72.8 Å². The van der Waals surface area contributed by atoms with E-state index in [0.29, 0.717) is 17.9 Å². The number of nitrogens with zero attached hydrogens (tertiary/aromatic N) is 3. The number of aromatic nitrogens is 4. The lowest BCUT2D eigenvalue weighted by molar-refractivity contribution is -0.00908. The van der Waals surface area contributed by atoms with Crippen LogP contribution >= 0.6 is 0 Å². The van der Waals surface area contributed by atoms with Crippen molar-refractivity contribution < 1.29 is 4.74 Å². The molecule has 0 fully saturated rings. The first-order chi connectivity index (χ1) is 8.98. The summed E-state index contributed by atoms with van der Waals surface area (Å²) in [6, 6.07) is 1.46. The Morgan fingerprint density at radius 3 is 2.79 bits per heavy atom. The summed E-state index contributed by atoms with van der Waals surface area (Å²) in [6.45, 7) is 3.89. The number of rotatable bonds is 4. The average Bonchev–Trinajstić information content (AvgIpc) is 2.84. The molecule has 0 saturated heterocycles. The number of aryl methyl sites for hydroxylation is 1. The Bertz CT molecular complexity index is 626. The van der Waals surface area contributed by atoms with Gasteiger partial charge in [0, 0.05) is 32.0 Å². The first kappa shape index (κ1) is 13.5. The summed E-state index contributed by atoms with van der Waals surface area (Å²) < 4.78 is 7.14. The van der Waals surface area contributed by atoms with Gasteiger partial charge in [-0.1, -0.05) is 6.92 Å². The second-order valence-electron chi connectivity index (χ2n) is 4.67. The van der Waals surface area contributed by atoms with Gasteiger partial charge in [-0.05, 0) is 13.3 Å². The minimum atomic E-state index is -0.600. The van der Waals surface area contributed by atoms with Crippen molar-refractivity contribution in [3.8, 4) is 11.3 Å². The van der Waals surface area contributed by atoms with Crippen LogP contribution in [0.1, 0.15) is 26.1 Å². The Labute approximate surface area is 111 Å².